The number of thioether (sulfide) groups is 1. The molecule has 0 spiro atoms. The molecular formula is C58H99N15O15S. The van der Waals surface area contributed by atoms with Gasteiger partial charge in [-0.25, -0.2) is 0 Å². The van der Waals surface area contributed by atoms with Crippen molar-refractivity contribution in [2.45, 2.75) is 179 Å². The summed E-state index contributed by atoms with van der Waals surface area (Å²) < 4.78 is 0. The van der Waals surface area contributed by atoms with Crippen molar-refractivity contribution >= 4 is 76.8 Å². The molecular weight excluding hydrogens is 1180 g/mol. The van der Waals surface area contributed by atoms with E-state index in [0.29, 0.717) is 24.8 Å². The minimum Gasteiger partial charge on any atom is -0.508 e. The first-order chi connectivity index (χ1) is 41.8. The van der Waals surface area contributed by atoms with Crippen LogP contribution in [-0.2, 0) is 59.2 Å². The number of aliphatic hydroxyl groups is 2. The van der Waals surface area contributed by atoms with Gasteiger partial charge in [-0.05, 0) is 119 Å². The molecule has 30 nitrogen and oxygen atoms in total. The zero-order valence-corrected chi connectivity index (χ0v) is 53.1. The zero-order valence-electron chi connectivity index (χ0n) is 52.2. The molecule has 0 aliphatic heterocycles. The molecule has 0 fully saturated rings. The van der Waals surface area contributed by atoms with Gasteiger partial charge in [0.05, 0.1) is 30.8 Å². The number of hydrogen-bond acceptors (Lipinski definition) is 20. The number of carboxylic acid groups (broad SMARTS) is 1. The average Bonchev–Trinajstić information content (AvgIpc) is 2.01. The molecule has 0 unspecified atom stereocenters. The number of primary amides is 1. The fourth-order valence-corrected chi connectivity index (χ4v) is 9.44. The van der Waals surface area contributed by atoms with E-state index in [2.05, 4.69) is 71.6 Å². The number of hydrogen-bond donors (Lipinski definition) is 19. The standard InChI is InChI=1S/C58H99N15O15S/c1-31(2)26-33(5)50(80)65-40(15-12-23-63-35(7)60)53(83)72-46(30-74)57(87)68-42(21-25-89-9)54(84)73-48(34(6)75)58(88)71-45(29-47(77)78)56(86)66-39(14-10-11-22-59)52(82)70-44(28-37-17-19-38(76)20-18-37)55(85)67-41(16-13-24-64-36(8)61)51(81)69-43(49(62)79)27-32(3)4/h17-20,31-34,39-46,48,63-64,74-76H,7-8,10-16,21-30,59-61H2,1-6,9H3,(H2,62,79)(H,65,80)(H,66,86)(H,67,85)(H,68,87)(H,69,81)(H,70,82)(H,71,88)(H,72,83)(H,73,84)(H,77,78)/t33-,34+,39-,40-,41-,42-,43-,44-,45-,46-,48-/m0/s1. The quantitative estimate of drug-likeness (QED) is 0.0287. The molecule has 89 heavy (non-hydrogen) atoms. The fraction of sp³-hybridized carbons (Fsp3) is 0.638. The monoisotopic (exact) mass is 1280 g/mol. The Balaban J connectivity index is 3.59. The van der Waals surface area contributed by atoms with Crippen LogP contribution in [0.5, 0.6) is 5.75 Å². The predicted octanol–water partition coefficient (Wildman–Crippen LogP) is -3.16. The molecule has 1 aromatic rings. The maximum Gasteiger partial charge on any atom is 0.305 e. The zero-order chi connectivity index (χ0) is 67.5. The topological polar surface area (TPSA) is 505 Å². The van der Waals surface area contributed by atoms with E-state index in [-0.39, 0.29) is 106 Å². The molecule has 0 heterocycles. The third-order valence-corrected chi connectivity index (χ3v) is 14.3. The Morgan fingerprint density at radius 2 is 0.921 bits per heavy atom. The van der Waals surface area contributed by atoms with E-state index in [1.807, 2.05) is 27.7 Å². The van der Waals surface area contributed by atoms with Crippen LogP contribution in [0.25, 0.3) is 0 Å². The van der Waals surface area contributed by atoms with Gasteiger partial charge in [0.2, 0.25) is 59.1 Å². The SMILES string of the molecule is C=C(N)NCCC[C@H](NC(=O)[C@H](Cc1ccc(O)cc1)NC(=O)[C@H](CCCCN)NC(=O)[C@H](CC(=O)O)NC(=O)[C@@H](NC(=O)[C@H](CCSC)NC(=O)[C@H](CO)NC(=O)[C@H](CCCNC(=C)N)NC(=O)[C@@H](C)CC(C)C)[C@@H](C)O)C(=O)N[C@@H](CC(C)C)C(N)=O. The maximum atomic E-state index is 14.4. The van der Waals surface area contributed by atoms with Gasteiger partial charge in [-0.1, -0.05) is 59.9 Å². The van der Waals surface area contributed by atoms with E-state index in [4.69, 9.17) is 22.9 Å². The van der Waals surface area contributed by atoms with E-state index in [0.717, 1.165) is 6.92 Å². The van der Waals surface area contributed by atoms with Crippen molar-refractivity contribution in [3.8, 4) is 5.75 Å². The van der Waals surface area contributed by atoms with Crippen LogP contribution >= 0.6 is 11.8 Å². The number of carbonyl (C=O) groups is 11. The van der Waals surface area contributed by atoms with Crippen LogP contribution in [0.4, 0.5) is 0 Å². The number of nitrogens with two attached hydrogens (primary N) is 4. The molecule has 0 radical (unpaired) electrons. The van der Waals surface area contributed by atoms with E-state index >= 15 is 0 Å². The summed E-state index contributed by atoms with van der Waals surface area (Å²) in [5, 5.41) is 69.3. The molecule has 11 atom stereocenters. The number of nitrogens with one attached hydrogen (secondary N) is 11. The van der Waals surface area contributed by atoms with Gasteiger partial charge in [-0.2, -0.15) is 11.8 Å². The second-order valence-electron chi connectivity index (χ2n) is 22.7. The number of carbonyl (C=O) groups excluding carboxylic acids is 10. The lowest BCUT2D eigenvalue weighted by atomic mass is 9.97. The van der Waals surface area contributed by atoms with Crippen molar-refractivity contribution < 1.29 is 73.2 Å². The highest BCUT2D eigenvalue weighted by Crippen LogP contribution is 2.16. The summed E-state index contributed by atoms with van der Waals surface area (Å²) in [7, 11) is 0. The summed E-state index contributed by atoms with van der Waals surface area (Å²) in [6, 6.07) is -8.12. The Morgan fingerprint density at radius 3 is 1.36 bits per heavy atom. The average molecular weight is 1280 g/mol. The Labute approximate surface area is 525 Å². The Kier molecular flexibility index (Phi) is 37.4. The highest BCUT2D eigenvalue weighted by Gasteiger charge is 2.37. The molecule has 0 saturated heterocycles. The number of aliphatic carboxylic acids is 1. The highest BCUT2D eigenvalue weighted by molar-refractivity contribution is 7.98. The molecule has 1 aromatic carbocycles. The number of phenols is 1. The number of benzene rings is 1. The summed E-state index contributed by atoms with van der Waals surface area (Å²) in [6.45, 7) is 17.1. The first-order valence-electron chi connectivity index (χ1n) is 29.7. The van der Waals surface area contributed by atoms with Gasteiger partial charge in [-0.15, -0.1) is 0 Å². The third-order valence-electron chi connectivity index (χ3n) is 13.7. The van der Waals surface area contributed by atoms with Crippen molar-refractivity contribution in [3.05, 3.63) is 54.6 Å². The van der Waals surface area contributed by atoms with E-state index in [1.165, 1.54) is 36.0 Å². The number of carboxylic acids is 1. The number of aliphatic hydroxyl groups excluding tert-OH is 2. The molecule has 10 amide bonds. The van der Waals surface area contributed by atoms with Crippen LogP contribution in [0.2, 0.25) is 0 Å². The Morgan fingerprint density at radius 1 is 0.517 bits per heavy atom. The number of amides is 10. The molecule has 502 valence electrons. The lowest BCUT2D eigenvalue weighted by Gasteiger charge is -2.28. The van der Waals surface area contributed by atoms with Crippen molar-refractivity contribution in [2.75, 3.05) is 38.2 Å². The van der Waals surface area contributed by atoms with Gasteiger partial charge < -0.3 is 102 Å². The number of unbranched alkanes of at least 4 members (excludes halogenated alkanes) is 1. The van der Waals surface area contributed by atoms with Gasteiger partial charge >= 0.3 is 5.97 Å². The molecule has 0 aliphatic carbocycles. The summed E-state index contributed by atoms with van der Waals surface area (Å²) in [6.07, 6.45) is 0.182. The maximum absolute atomic E-state index is 14.4. The second-order valence-corrected chi connectivity index (χ2v) is 23.7. The van der Waals surface area contributed by atoms with Crippen LogP contribution in [0.15, 0.2) is 49.1 Å². The summed E-state index contributed by atoms with van der Waals surface area (Å²) in [5.74, 6) is -10.9. The van der Waals surface area contributed by atoms with Gasteiger partial charge in [0.15, 0.2) is 0 Å². The predicted molar refractivity (Wildman–Crippen MR) is 335 cm³/mol. The Bertz CT molecular complexity index is 2510. The number of aromatic hydroxyl groups is 1. The molecule has 1 rings (SSSR count). The molecule has 0 saturated carbocycles. The largest absolute Gasteiger partial charge is 0.508 e. The summed E-state index contributed by atoms with van der Waals surface area (Å²) in [5.41, 5.74) is 23.0. The highest BCUT2D eigenvalue weighted by atomic mass is 32.2. The minimum atomic E-state index is -1.99. The normalized spacial score (nSPS) is 14.8. The smallest absolute Gasteiger partial charge is 0.305 e. The van der Waals surface area contributed by atoms with Gasteiger partial charge in [0.25, 0.3) is 0 Å². The van der Waals surface area contributed by atoms with Gasteiger partial charge in [-0.3, -0.25) is 52.7 Å². The molecule has 0 aromatic heterocycles. The molecule has 31 heteroatoms. The van der Waals surface area contributed by atoms with Crippen LogP contribution < -0.4 is 81.4 Å². The first kappa shape index (κ1) is 79.1. The van der Waals surface area contributed by atoms with Crippen LogP contribution in [0.3, 0.4) is 0 Å². The van der Waals surface area contributed by atoms with Crippen molar-refractivity contribution in [2.24, 2.45) is 40.7 Å². The van der Waals surface area contributed by atoms with E-state index in [9.17, 15) is 73.2 Å². The summed E-state index contributed by atoms with van der Waals surface area (Å²) >= 11 is 1.27. The fourth-order valence-electron chi connectivity index (χ4n) is 8.97. The number of rotatable bonds is 46. The minimum absolute atomic E-state index is 0.0175. The van der Waals surface area contributed by atoms with Crippen LogP contribution in [0, 0.1) is 17.8 Å². The van der Waals surface area contributed by atoms with Crippen LogP contribution in [-0.4, -0.2) is 184 Å². The lowest BCUT2D eigenvalue weighted by molar-refractivity contribution is -0.142. The van der Waals surface area contributed by atoms with E-state index < -0.39 is 144 Å². The number of phenolic OH excluding ortho intramolecular Hbond substituents is 1. The van der Waals surface area contributed by atoms with Crippen molar-refractivity contribution in [1.82, 2.24) is 58.5 Å². The first-order valence-corrected chi connectivity index (χ1v) is 31.1. The summed E-state index contributed by atoms with van der Waals surface area (Å²) in [4.78, 5) is 150. The van der Waals surface area contributed by atoms with Crippen molar-refractivity contribution in [1.29, 1.82) is 0 Å². The van der Waals surface area contributed by atoms with Gasteiger partial charge in [0, 0.05) is 25.4 Å². The van der Waals surface area contributed by atoms with Gasteiger partial charge in [0.1, 0.15) is 60.1 Å². The van der Waals surface area contributed by atoms with Crippen molar-refractivity contribution in [3.63, 3.8) is 0 Å². The molecule has 0 bridgehead atoms. The van der Waals surface area contributed by atoms with Crippen LogP contribution in [0.1, 0.15) is 118 Å². The third kappa shape index (κ3) is 32.2. The molecule has 0 aliphatic rings. The Hall–Kier alpha value is -7.90. The second kappa shape index (κ2) is 42.1. The van der Waals surface area contributed by atoms with E-state index in [1.54, 1.807) is 13.2 Å². The lowest BCUT2D eigenvalue weighted by Crippen LogP contribution is -2.62. The molecule has 23 N–H and O–H groups in total.